The van der Waals surface area contributed by atoms with E-state index in [1.807, 2.05) is 18.0 Å². The predicted molar refractivity (Wildman–Crippen MR) is 80.4 cm³/mol. The van der Waals surface area contributed by atoms with Crippen LogP contribution in [0.5, 0.6) is 0 Å². The Morgan fingerprint density at radius 1 is 1.44 bits per heavy atom. The molecule has 0 saturated heterocycles. The van der Waals surface area contributed by atoms with Crippen molar-refractivity contribution in [2.75, 3.05) is 17.3 Å². The maximum atomic E-state index is 4.48. The Labute approximate surface area is 115 Å². The number of anilines is 1. The van der Waals surface area contributed by atoms with Gasteiger partial charge in [-0.3, -0.25) is 0 Å². The Morgan fingerprint density at radius 3 is 2.94 bits per heavy atom. The first-order chi connectivity index (χ1) is 8.81. The summed E-state index contributed by atoms with van der Waals surface area (Å²) in [5, 5.41) is 3.63. The number of hydrogen-bond donors (Lipinski definition) is 1. The minimum atomic E-state index is 0.533. The van der Waals surface area contributed by atoms with Crippen molar-refractivity contribution >= 4 is 17.7 Å². The van der Waals surface area contributed by atoms with Gasteiger partial charge in [-0.2, -0.15) is 11.8 Å². The van der Waals surface area contributed by atoms with E-state index in [1.165, 1.54) is 44.3 Å². The highest BCUT2D eigenvalue weighted by atomic mass is 32.2. The van der Waals surface area contributed by atoms with Crippen LogP contribution in [0, 0.1) is 0 Å². The Bertz CT molecular complexity index is 345. The summed E-state index contributed by atoms with van der Waals surface area (Å²) in [4.78, 5) is 4.48. The van der Waals surface area contributed by atoms with Crippen LogP contribution in [-0.2, 0) is 0 Å². The Hall–Kier alpha value is -0.640. The van der Waals surface area contributed by atoms with Crippen LogP contribution in [0.15, 0.2) is 12.4 Å². The van der Waals surface area contributed by atoms with Gasteiger partial charge in [0.1, 0.15) is 0 Å². The molecule has 1 atom stereocenters. The van der Waals surface area contributed by atoms with Crippen molar-refractivity contribution in [1.82, 2.24) is 9.55 Å². The molecular formula is C14H25N3S. The molecule has 1 aliphatic carbocycles. The van der Waals surface area contributed by atoms with Crippen LogP contribution in [0.1, 0.15) is 51.5 Å². The zero-order valence-electron chi connectivity index (χ0n) is 11.6. The van der Waals surface area contributed by atoms with Crippen LogP contribution in [-0.4, -0.2) is 27.6 Å². The molecule has 102 valence electrons. The minimum Gasteiger partial charge on any atom is -0.353 e. The maximum Gasteiger partial charge on any atom is 0.203 e. The molecule has 0 spiro atoms. The van der Waals surface area contributed by atoms with Crippen LogP contribution >= 0.6 is 11.8 Å². The molecule has 1 aromatic heterocycles. The van der Waals surface area contributed by atoms with Crippen molar-refractivity contribution in [2.45, 2.75) is 57.5 Å². The van der Waals surface area contributed by atoms with Crippen molar-refractivity contribution < 1.29 is 0 Å². The molecular weight excluding hydrogens is 242 g/mol. The first kappa shape index (κ1) is 13.8. The fraction of sp³-hybridized carbons (Fsp3) is 0.786. The van der Waals surface area contributed by atoms with Crippen LogP contribution < -0.4 is 5.32 Å². The molecule has 18 heavy (non-hydrogen) atoms. The topological polar surface area (TPSA) is 29.9 Å². The lowest BCUT2D eigenvalue weighted by Gasteiger charge is -2.25. The quantitative estimate of drug-likeness (QED) is 0.846. The maximum absolute atomic E-state index is 4.48. The predicted octanol–water partition coefficient (Wildman–Crippen LogP) is 3.94. The molecule has 1 N–H and O–H groups in total. The lowest BCUT2D eigenvalue weighted by Crippen LogP contribution is -2.25. The van der Waals surface area contributed by atoms with Crippen LogP contribution in [0.25, 0.3) is 0 Å². The molecule has 0 amide bonds. The van der Waals surface area contributed by atoms with E-state index in [1.54, 1.807) is 0 Å². The molecule has 2 rings (SSSR count). The summed E-state index contributed by atoms with van der Waals surface area (Å²) in [6, 6.07) is 1.17. The molecule has 1 aromatic rings. The van der Waals surface area contributed by atoms with Gasteiger partial charge >= 0.3 is 0 Å². The van der Waals surface area contributed by atoms with E-state index >= 15 is 0 Å². The van der Waals surface area contributed by atoms with Crippen molar-refractivity contribution in [2.24, 2.45) is 0 Å². The number of nitrogens with one attached hydrogen (secondary N) is 1. The number of thioether (sulfide) groups is 1. The van der Waals surface area contributed by atoms with Gasteiger partial charge in [-0.1, -0.05) is 19.3 Å². The summed E-state index contributed by atoms with van der Waals surface area (Å²) >= 11 is 1.91. The molecule has 4 heteroatoms. The molecule has 3 nitrogen and oxygen atoms in total. The van der Waals surface area contributed by atoms with E-state index in [0.29, 0.717) is 12.1 Å². The standard InChI is InChI=1S/C14H25N3S/c1-12(8-11-18-2)17-10-9-15-14(17)16-13-6-4-3-5-7-13/h9-10,12-13H,3-8,11H2,1-2H3,(H,15,16). The van der Waals surface area contributed by atoms with E-state index in [2.05, 4.69) is 34.2 Å². The van der Waals surface area contributed by atoms with Gasteiger partial charge in [-0.15, -0.1) is 0 Å². The Balaban J connectivity index is 1.93. The van der Waals surface area contributed by atoms with Gasteiger partial charge in [0.25, 0.3) is 0 Å². The van der Waals surface area contributed by atoms with E-state index in [9.17, 15) is 0 Å². The van der Waals surface area contributed by atoms with Crippen molar-refractivity contribution in [1.29, 1.82) is 0 Å². The second-order valence-corrected chi connectivity index (χ2v) is 6.25. The number of rotatable bonds is 6. The summed E-state index contributed by atoms with van der Waals surface area (Å²) in [6.45, 7) is 2.28. The number of imidazole rings is 1. The van der Waals surface area contributed by atoms with Crippen molar-refractivity contribution in [3.63, 3.8) is 0 Å². The van der Waals surface area contributed by atoms with Crippen molar-refractivity contribution in [3.8, 4) is 0 Å². The van der Waals surface area contributed by atoms with E-state index in [4.69, 9.17) is 0 Å². The smallest absolute Gasteiger partial charge is 0.203 e. The molecule has 1 fully saturated rings. The highest BCUT2D eigenvalue weighted by Crippen LogP contribution is 2.23. The van der Waals surface area contributed by atoms with Gasteiger partial charge in [0.05, 0.1) is 0 Å². The SMILES string of the molecule is CSCCC(C)n1ccnc1NC1CCCCC1. The third-order valence-electron chi connectivity index (χ3n) is 3.82. The molecule has 1 saturated carbocycles. The fourth-order valence-corrected chi connectivity index (χ4v) is 3.21. The minimum absolute atomic E-state index is 0.533. The van der Waals surface area contributed by atoms with Gasteiger partial charge < -0.3 is 9.88 Å². The van der Waals surface area contributed by atoms with Gasteiger partial charge in [0.2, 0.25) is 5.95 Å². The molecule has 0 aromatic carbocycles. The molecule has 1 heterocycles. The second-order valence-electron chi connectivity index (χ2n) is 5.27. The zero-order valence-corrected chi connectivity index (χ0v) is 12.4. The average molecular weight is 267 g/mol. The summed E-state index contributed by atoms with van der Waals surface area (Å²) in [6.07, 6.45) is 14.1. The third kappa shape index (κ3) is 3.67. The first-order valence-electron chi connectivity index (χ1n) is 7.09. The monoisotopic (exact) mass is 267 g/mol. The van der Waals surface area contributed by atoms with Crippen molar-refractivity contribution in [3.05, 3.63) is 12.4 Å². The number of nitrogens with zero attached hydrogens (tertiary/aromatic N) is 2. The number of hydrogen-bond acceptors (Lipinski definition) is 3. The van der Waals surface area contributed by atoms with Crippen LogP contribution in [0.2, 0.25) is 0 Å². The average Bonchev–Trinajstić information content (AvgIpc) is 2.85. The van der Waals surface area contributed by atoms with E-state index in [-0.39, 0.29) is 0 Å². The Kier molecular flexibility index (Phi) is 5.42. The first-order valence-corrected chi connectivity index (χ1v) is 8.49. The highest BCUT2D eigenvalue weighted by Gasteiger charge is 2.16. The van der Waals surface area contributed by atoms with Gasteiger partial charge in [-0.25, -0.2) is 4.98 Å². The molecule has 0 bridgehead atoms. The van der Waals surface area contributed by atoms with Crippen LogP contribution in [0.4, 0.5) is 5.95 Å². The molecule has 1 unspecified atom stereocenters. The number of aromatic nitrogens is 2. The third-order valence-corrected chi connectivity index (χ3v) is 4.47. The Morgan fingerprint density at radius 2 is 2.22 bits per heavy atom. The largest absolute Gasteiger partial charge is 0.353 e. The summed E-state index contributed by atoms with van der Waals surface area (Å²) < 4.78 is 2.30. The van der Waals surface area contributed by atoms with Gasteiger partial charge in [0, 0.05) is 24.5 Å². The fourth-order valence-electron chi connectivity index (χ4n) is 2.64. The van der Waals surface area contributed by atoms with Gasteiger partial charge in [-0.05, 0) is 38.2 Å². The second kappa shape index (κ2) is 7.07. The summed E-state index contributed by atoms with van der Waals surface area (Å²) in [5.41, 5.74) is 0. The summed E-state index contributed by atoms with van der Waals surface area (Å²) in [7, 11) is 0. The lowest BCUT2D eigenvalue weighted by atomic mass is 9.96. The zero-order chi connectivity index (χ0) is 12.8. The lowest BCUT2D eigenvalue weighted by molar-refractivity contribution is 0.454. The highest BCUT2D eigenvalue weighted by molar-refractivity contribution is 7.98. The van der Waals surface area contributed by atoms with Crippen LogP contribution in [0.3, 0.4) is 0 Å². The molecule has 0 aliphatic heterocycles. The molecule has 0 radical (unpaired) electrons. The normalized spacial score (nSPS) is 18.8. The van der Waals surface area contributed by atoms with E-state index in [0.717, 1.165) is 5.95 Å². The van der Waals surface area contributed by atoms with E-state index < -0.39 is 0 Å². The molecule has 1 aliphatic rings. The summed E-state index contributed by atoms with van der Waals surface area (Å²) in [5.74, 6) is 2.28. The van der Waals surface area contributed by atoms with Gasteiger partial charge in [0.15, 0.2) is 0 Å².